The topological polar surface area (TPSA) is 144 Å². The summed E-state index contributed by atoms with van der Waals surface area (Å²) in [5, 5.41) is 13.3. The van der Waals surface area contributed by atoms with E-state index in [0.717, 1.165) is 46.9 Å². The second-order valence-corrected chi connectivity index (χ2v) is 13.4. The van der Waals surface area contributed by atoms with Gasteiger partial charge in [-0.25, -0.2) is 0 Å². The van der Waals surface area contributed by atoms with Crippen molar-refractivity contribution in [3.8, 4) is 0 Å². The molecule has 0 saturated carbocycles. The molecular formula is C35H42N8O4S. The van der Waals surface area contributed by atoms with E-state index in [0.29, 0.717) is 46.3 Å². The summed E-state index contributed by atoms with van der Waals surface area (Å²) in [5.74, 6) is -0.836. The standard InChI is InChI=1S/C35H42N8O4S/c1-41(2)14-6-8-32(44)37-24-9-11-27-22(16-24)18-28(40-27)33(45)38-25-10-12-30-23(17-25)19-31(48-30)35(47)39-26-20-29(43(5)21-26)34(46)36-13-7-15-42(3)4/h9-12,16-21,40H,6-8,13-15H2,1-5H3,(H,36,46)(H,37,44)(H,38,45)(H,39,47). The minimum atomic E-state index is -0.311. The second kappa shape index (κ2) is 15.3. The molecule has 0 bridgehead atoms. The fourth-order valence-corrected chi connectivity index (χ4v) is 6.22. The molecule has 0 aliphatic rings. The zero-order chi connectivity index (χ0) is 34.4. The summed E-state index contributed by atoms with van der Waals surface area (Å²) in [7, 11) is 9.70. The van der Waals surface area contributed by atoms with E-state index in [-0.39, 0.29) is 23.6 Å². The van der Waals surface area contributed by atoms with E-state index >= 15 is 0 Å². The summed E-state index contributed by atoms with van der Waals surface area (Å²) in [4.78, 5) is 59.0. The van der Waals surface area contributed by atoms with Crippen LogP contribution in [0.5, 0.6) is 0 Å². The average molecular weight is 671 g/mol. The molecule has 3 heterocycles. The van der Waals surface area contributed by atoms with Gasteiger partial charge in [0.15, 0.2) is 0 Å². The van der Waals surface area contributed by atoms with Crippen molar-refractivity contribution < 1.29 is 19.2 Å². The van der Waals surface area contributed by atoms with Gasteiger partial charge in [0, 0.05) is 53.2 Å². The Bertz CT molecular complexity index is 1950. The molecular weight excluding hydrogens is 629 g/mol. The number of aromatic nitrogens is 2. The van der Waals surface area contributed by atoms with Crippen molar-refractivity contribution in [2.45, 2.75) is 19.3 Å². The zero-order valence-electron chi connectivity index (χ0n) is 27.9. The molecule has 5 aromatic rings. The smallest absolute Gasteiger partial charge is 0.272 e. The van der Waals surface area contributed by atoms with Crippen LogP contribution in [0.1, 0.15) is 49.9 Å². The van der Waals surface area contributed by atoms with Crippen molar-refractivity contribution in [2.75, 3.05) is 63.8 Å². The fourth-order valence-electron chi connectivity index (χ4n) is 5.28. The summed E-state index contributed by atoms with van der Waals surface area (Å²) in [6, 6.07) is 16.2. The molecule has 0 unspecified atom stereocenters. The number of carbonyl (C=O) groups is 4. The molecule has 0 aliphatic carbocycles. The van der Waals surface area contributed by atoms with Crippen LogP contribution in [0.25, 0.3) is 21.0 Å². The number of hydrogen-bond donors (Lipinski definition) is 5. The Balaban J connectivity index is 1.19. The lowest BCUT2D eigenvalue weighted by Crippen LogP contribution is -2.28. The molecule has 2 aromatic carbocycles. The quantitative estimate of drug-likeness (QED) is 0.103. The first-order valence-electron chi connectivity index (χ1n) is 15.8. The summed E-state index contributed by atoms with van der Waals surface area (Å²) in [6.07, 6.45) is 3.76. The van der Waals surface area contributed by atoms with Crippen molar-refractivity contribution in [1.29, 1.82) is 0 Å². The van der Waals surface area contributed by atoms with Gasteiger partial charge >= 0.3 is 0 Å². The Morgan fingerprint density at radius 1 is 0.750 bits per heavy atom. The molecule has 0 atom stereocenters. The number of amides is 4. The maximum Gasteiger partial charge on any atom is 0.272 e. The maximum atomic E-state index is 13.1. The molecule has 3 aromatic heterocycles. The molecule has 252 valence electrons. The SMILES string of the molecule is CN(C)CCCNC(=O)c1cc(NC(=O)c2cc3cc(NC(=O)c4cc5cc(NC(=O)CCCN(C)C)ccc5[nH]4)ccc3s2)cn1C. The van der Waals surface area contributed by atoms with E-state index in [2.05, 4.69) is 31.2 Å². The molecule has 0 spiro atoms. The summed E-state index contributed by atoms with van der Waals surface area (Å²) >= 11 is 1.34. The second-order valence-electron chi connectivity index (χ2n) is 12.3. The van der Waals surface area contributed by atoms with Crippen LogP contribution in [0, 0.1) is 0 Å². The molecule has 48 heavy (non-hydrogen) atoms. The number of carbonyl (C=O) groups excluding carboxylic acids is 4. The number of rotatable bonds is 14. The van der Waals surface area contributed by atoms with Gasteiger partial charge in [-0.15, -0.1) is 11.3 Å². The Labute approximate surface area is 283 Å². The van der Waals surface area contributed by atoms with Crippen molar-refractivity contribution in [2.24, 2.45) is 7.05 Å². The van der Waals surface area contributed by atoms with E-state index in [9.17, 15) is 19.2 Å². The van der Waals surface area contributed by atoms with Gasteiger partial charge < -0.3 is 40.6 Å². The molecule has 0 aliphatic heterocycles. The highest BCUT2D eigenvalue weighted by Crippen LogP contribution is 2.29. The molecule has 0 radical (unpaired) electrons. The number of aryl methyl sites for hydroxylation is 1. The number of fused-ring (bicyclic) bond motifs is 2. The summed E-state index contributed by atoms with van der Waals surface area (Å²) in [5.41, 5.74) is 3.41. The van der Waals surface area contributed by atoms with Gasteiger partial charge in [-0.1, -0.05) is 0 Å². The van der Waals surface area contributed by atoms with Crippen LogP contribution in [0.4, 0.5) is 17.1 Å². The van der Waals surface area contributed by atoms with Crippen molar-refractivity contribution in [3.63, 3.8) is 0 Å². The van der Waals surface area contributed by atoms with Crippen molar-refractivity contribution >= 4 is 73.0 Å². The number of hydrogen-bond acceptors (Lipinski definition) is 7. The van der Waals surface area contributed by atoms with E-state index < -0.39 is 0 Å². The third kappa shape index (κ3) is 8.88. The Morgan fingerprint density at radius 2 is 1.44 bits per heavy atom. The van der Waals surface area contributed by atoms with E-state index in [1.54, 1.807) is 42.1 Å². The van der Waals surface area contributed by atoms with Gasteiger partial charge in [-0.05, 0) is 114 Å². The summed E-state index contributed by atoms with van der Waals surface area (Å²) < 4.78 is 2.58. The predicted octanol–water partition coefficient (Wildman–Crippen LogP) is 5.19. The molecule has 0 saturated heterocycles. The van der Waals surface area contributed by atoms with Crippen molar-refractivity contribution in [3.05, 3.63) is 77.1 Å². The van der Waals surface area contributed by atoms with Gasteiger partial charge in [0.2, 0.25) is 5.91 Å². The number of thiophene rings is 1. The molecule has 12 nitrogen and oxygen atoms in total. The molecule has 13 heteroatoms. The average Bonchev–Trinajstić information content (AvgIpc) is 3.75. The molecule has 5 rings (SSSR count). The Morgan fingerprint density at radius 3 is 2.21 bits per heavy atom. The van der Waals surface area contributed by atoms with Gasteiger partial charge in [-0.2, -0.15) is 0 Å². The number of nitrogens with zero attached hydrogens (tertiary/aromatic N) is 3. The normalized spacial score (nSPS) is 11.4. The lowest BCUT2D eigenvalue weighted by atomic mass is 10.2. The first-order chi connectivity index (χ1) is 22.9. The lowest BCUT2D eigenvalue weighted by Gasteiger charge is -2.10. The van der Waals surface area contributed by atoms with Crippen LogP contribution in [-0.2, 0) is 11.8 Å². The third-order valence-corrected chi connectivity index (χ3v) is 8.83. The minimum absolute atomic E-state index is 0.0468. The number of H-pyrrole nitrogens is 1. The highest BCUT2D eigenvalue weighted by atomic mass is 32.1. The predicted molar refractivity (Wildman–Crippen MR) is 193 cm³/mol. The van der Waals surface area contributed by atoms with Crippen LogP contribution in [0.15, 0.2) is 60.8 Å². The highest BCUT2D eigenvalue weighted by Gasteiger charge is 2.17. The summed E-state index contributed by atoms with van der Waals surface area (Å²) in [6.45, 7) is 2.28. The number of nitrogens with one attached hydrogen (secondary N) is 5. The lowest BCUT2D eigenvalue weighted by molar-refractivity contribution is -0.116. The van der Waals surface area contributed by atoms with Crippen LogP contribution in [0.2, 0.25) is 0 Å². The largest absolute Gasteiger partial charge is 0.351 e. The fraction of sp³-hybridized carbons (Fsp3) is 0.314. The van der Waals surface area contributed by atoms with Crippen LogP contribution in [-0.4, -0.2) is 90.8 Å². The van der Waals surface area contributed by atoms with E-state index in [1.807, 2.05) is 63.4 Å². The maximum absolute atomic E-state index is 13.1. The van der Waals surface area contributed by atoms with Crippen LogP contribution in [0.3, 0.4) is 0 Å². The van der Waals surface area contributed by atoms with E-state index in [4.69, 9.17) is 0 Å². The Kier molecular flexibility index (Phi) is 10.9. The zero-order valence-corrected chi connectivity index (χ0v) is 28.7. The minimum Gasteiger partial charge on any atom is -0.351 e. The third-order valence-electron chi connectivity index (χ3n) is 7.72. The molecule has 5 N–H and O–H groups in total. The van der Waals surface area contributed by atoms with E-state index in [1.165, 1.54) is 11.3 Å². The monoisotopic (exact) mass is 670 g/mol. The number of benzene rings is 2. The molecule has 4 amide bonds. The van der Waals surface area contributed by atoms with Crippen LogP contribution < -0.4 is 21.3 Å². The van der Waals surface area contributed by atoms with Gasteiger partial charge in [0.25, 0.3) is 17.7 Å². The van der Waals surface area contributed by atoms with Crippen molar-refractivity contribution in [1.82, 2.24) is 24.7 Å². The van der Waals surface area contributed by atoms with Crippen LogP contribution >= 0.6 is 11.3 Å². The van der Waals surface area contributed by atoms with Gasteiger partial charge in [0.1, 0.15) is 11.4 Å². The Hall–Kier alpha value is -4.98. The molecule has 0 fully saturated rings. The number of anilines is 3. The highest BCUT2D eigenvalue weighted by molar-refractivity contribution is 7.20. The first kappa shape index (κ1) is 34.4. The number of aromatic amines is 1. The van der Waals surface area contributed by atoms with Gasteiger partial charge in [0.05, 0.1) is 10.6 Å². The van der Waals surface area contributed by atoms with Gasteiger partial charge in [-0.3, -0.25) is 19.2 Å². The first-order valence-corrected chi connectivity index (χ1v) is 16.6.